The Labute approximate surface area is 98.5 Å². The molecule has 9 nitrogen and oxygen atoms in total. The largest absolute Gasteiger partial charge is 3.00 e. The van der Waals surface area contributed by atoms with Crippen LogP contribution in [0.2, 0.25) is 0 Å². The molecule has 1 radical (unpaired) electrons. The SMILES string of the molecule is O=S(=O)([O-])[O-].O=S(=O)([O-])[O-].[Er+3].[NH4+]. The smallest absolute Gasteiger partial charge is 0.759 e. The standard InChI is InChI=1S/Er.H3N.2H2O4S/c;;2*1-5(2,3)4/h;1H3;2*(H2,1,2,3,4)/q+3;;;/p-3. The third-order valence-electron chi connectivity index (χ3n) is 0. The van der Waals surface area contributed by atoms with Gasteiger partial charge in [-0.2, -0.15) is 0 Å². The van der Waals surface area contributed by atoms with Gasteiger partial charge in [0.2, 0.25) is 0 Å². The van der Waals surface area contributed by atoms with Gasteiger partial charge in [0.1, 0.15) is 0 Å². The molecule has 0 saturated carbocycles. The summed E-state index contributed by atoms with van der Waals surface area (Å²) < 4.78 is 68.2. The molecule has 0 aromatic rings. The van der Waals surface area contributed by atoms with Gasteiger partial charge in [-0.3, -0.25) is 16.8 Å². The van der Waals surface area contributed by atoms with E-state index in [4.69, 9.17) is 35.0 Å². The van der Waals surface area contributed by atoms with Crippen molar-refractivity contribution in [1.29, 1.82) is 0 Å². The van der Waals surface area contributed by atoms with Crippen LogP contribution < -0.4 is 6.15 Å². The maximum atomic E-state index is 8.52. The normalized spacial score (nSPS) is 9.67. The molecule has 0 bridgehead atoms. The van der Waals surface area contributed by atoms with Crippen molar-refractivity contribution in [3.05, 3.63) is 0 Å². The average Bonchev–Trinajstić information content (AvgIpc) is 1.12. The molecule has 0 fully saturated rings. The van der Waals surface area contributed by atoms with Crippen LogP contribution in [0.15, 0.2) is 0 Å². The first-order chi connectivity index (χ1) is 4.00. The van der Waals surface area contributed by atoms with Crippen LogP contribution in [0.4, 0.5) is 0 Å². The Balaban J connectivity index is -0.0000000457. The van der Waals surface area contributed by atoms with E-state index in [1.54, 1.807) is 0 Å². The first-order valence-corrected chi connectivity index (χ1v) is 4.00. The van der Waals surface area contributed by atoms with Crippen molar-refractivity contribution in [2.45, 2.75) is 0 Å². The second-order valence-electron chi connectivity index (χ2n) is 0.816. The van der Waals surface area contributed by atoms with E-state index in [9.17, 15) is 0 Å². The Kier molecular flexibility index (Phi) is 16.4. The summed E-state index contributed by atoms with van der Waals surface area (Å²) in [6.45, 7) is 0. The Morgan fingerprint density at radius 3 is 0.667 bits per heavy atom. The van der Waals surface area contributed by atoms with Crippen molar-refractivity contribution in [2.24, 2.45) is 0 Å². The van der Waals surface area contributed by atoms with Gasteiger partial charge < -0.3 is 24.4 Å². The molecular formula is H4ErNO8S2. The van der Waals surface area contributed by atoms with E-state index in [-0.39, 0.29) is 43.5 Å². The van der Waals surface area contributed by atoms with Crippen LogP contribution in [0.3, 0.4) is 0 Å². The molecule has 0 rings (SSSR count). The quantitative estimate of drug-likeness (QED) is 0.359. The number of hydrogen-bond donors (Lipinski definition) is 1. The van der Waals surface area contributed by atoms with E-state index in [1.165, 1.54) is 0 Å². The van der Waals surface area contributed by atoms with Crippen molar-refractivity contribution in [2.75, 3.05) is 0 Å². The summed E-state index contributed by atoms with van der Waals surface area (Å²) in [5.41, 5.74) is 0. The van der Waals surface area contributed by atoms with Crippen LogP contribution in [0.1, 0.15) is 0 Å². The summed E-state index contributed by atoms with van der Waals surface area (Å²) in [5.74, 6) is 0. The molecule has 12 heavy (non-hydrogen) atoms. The molecule has 0 aliphatic carbocycles. The summed E-state index contributed by atoms with van der Waals surface area (Å²) in [5, 5.41) is 0. The fraction of sp³-hybridized carbons (Fsp3) is 0. The second kappa shape index (κ2) is 8.54. The molecule has 0 spiro atoms. The predicted octanol–water partition coefficient (Wildman–Crippen LogP) is -2.30. The van der Waals surface area contributed by atoms with Gasteiger partial charge in [-0.25, -0.2) is 0 Å². The van der Waals surface area contributed by atoms with Gasteiger partial charge in [0.15, 0.2) is 0 Å². The average molecular weight is 377 g/mol. The van der Waals surface area contributed by atoms with Crippen LogP contribution in [0, 0.1) is 37.3 Å². The minimum Gasteiger partial charge on any atom is -0.759 e. The monoisotopic (exact) mass is 376 g/mol. The third kappa shape index (κ3) is 1210. The number of quaternary nitrogens is 1. The van der Waals surface area contributed by atoms with Crippen molar-refractivity contribution < 1.29 is 72.4 Å². The maximum absolute atomic E-state index is 8.52. The zero-order valence-corrected chi connectivity index (χ0v) is 8.86. The van der Waals surface area contributed by atoms with E-state index in [0.29, 0.717) is 0 Å². The van der Waals surface area contributed by atoms with Crippen LogP contribution in [0.5, 0.6) is 0 Å². The number of rotatable bonds is 0. The van der Waals surface area contributed by atoms with Gasteiger partial charge in [0, 0.05) is 20.8 Å². The second-order valence-corrected chi connectivity index (χ2v) is 2.45. The van der Waals surface area contributed by atoms with E-state index >= 15 is 0 Å². The minimum atomic E-state index is -5.17. The summed E-state index contributed by atoms with van der Waals surface area (Å²) in [6, 6.07) is 0. The molecule has 12 heteroatoms. The van der Waals surface area contributed by atoms with Crippen LogP contribution >= 0.6 is 0 Å². The zero-order chi connectivity index (χ0) is 9.00. The molecule has 0 aromatic carbocycles. The van der Waals surface area contributed by atoms with Gasteiger partial charge in [-0.15, -0.1) is 0 Å². The Bertz CT molecular complexity index is 213. The number of hydrogen-bond acceptors (Lipinski definition) is 8. The Morgan fingerprint density at radius 2 is 0.667 bits per heavy atom. The van der Waals surface area contributed by atoms with Gasteiger partial charge in [-0.1, -0.05) is 0 Å². The van der Waals surface area contributed by atoms with Crippen molar-refractivity contribution in [1.82, 2.24) is 6.15 Å². The summed E-state index contributed by atoms with van der Waals surface area (Å²) in [4.78, 5) is 0. The van der Waals surface area contributed by atoms with Crippen LogP contribution in [-0.4, -0.2) is 35.0 Å². The van der Waals surface area contributed by atoms with Gasteiger partial charge in [-0.05, 0) is 0 Å². The predicted molar refractivity (Wildman–Crippen MR) is 26.9 cm³/mol. The third-order valence-corrected chi connectivity index (χ3v) is 0. The fourth-order valence-electron chi connectivity index (χ4n) is 0. The Hall–Kier alpha value is 0.947. The van der Waals surface area contributed by atoms with Crippen LogP contribution in [-0.2, 0) is 20.8 Å². The van der Waals surface area contributed by atoms with Gasteiger partial charge >= 0.3 is 37.3 Å². The first kappa shape index (κ1) is 23.1. The van der Waals surface area contributed by atoms with E-state index in [0.717, 1.165) is 0 Å². The van der Waals surface area contributed by atoms with Crippen LogP contribution in [0.25, 0.3) is 0 Å². The van der Waals surface area contributed by atoms with E-state index in [1.807, 2.05) is 0 Å². The van der Waals surface area contributed by atoms with E-state index < -0.39 is 20.8 Å². The molecule has 0 heterocycles. The first-order valence-electron chi connectivity index (χ1n) is 1.33. The van der Waals surface area contributed by atoms with E-state index in [2.05, 4.69) is 0 Å². The topological polar surface area (TPSA) is 197 Å². The zero-order valence-electron chi connectivity index (χ0n) is 5.37. The molecule has 0 aliphatic rings. The Morgan fingerprint density at radius 1 is 0.667 bits per heavy atom. The van der Waals surface area contributed by atoms with Gasteiger partial charge in [0.05, 0.1) is 0 Å². The summed E-state index contributed by atoms with van der Waals surface area (Å²) in [6.07, 6.45) is 0. The van der Waals surface area contributed by atoms with Gasteiger partial charge in [0.25, 0.3) is 0 Å². The van der Waals surface area contributed by atoms with Crippen molar-refractivity contribution in [3.63, 3.8) is 0 Å². The molecule has 0 saturated heterocycles. The van der Waals surface area contributed by atoms with Crippen molar-refractivity contribution >= 4 is 20.8 Å². The molecule has 0 aliphatic heterocycles. The molecule has 4 N–H and O–H groups in total. The molecular weight excluding hydrogens is 373 g/mol. The summed E-state index contributed by atoms with van der Waals surface area (Å²) in [7, 11) is -10.3. The fourth-order valence-corrected chi connectivity index (χ4v) is 0. The molecule has 0 amide bonds. The molecule has 0 unspecified atom stereocenters. The maximum Gasteiger partial charge on any atom is 3.00 e. The minimum absolute atomic E-state index is 0. The molecule has 81 valence electrons. The molecule has 0 aromatic heterocycles. The molecule has 0 atom stereocenters. The van der Waals surface area contributed by atoms with Crippen molar-refractivity contribution in [3.8, 4) is 0 Å². The summed E-state index contributed by atoms with van der Waals surface area (Å²) >= 11 is 0.